The molecule has 0 radical (unpaired) electrons. The van der Waals surface area contributed by atoms with Crippen LogP contribution in [-0.4, -0.2) is 31.8 Å². The van der Waals surface area contributed by atoms with Crippen molar-refractivity contribution in [3.8, 4) is 5.75 Å². The molecule has 3 rings (SSSR count). The predicted molar refractivity (Wildman–Crippen MR) is 111 cm³/mol. The van der Waals surface area contributed by atoms with E-state index in [0.29, 0.717) is 29.1 Å². The summed E-state index contributed by atoms with van der Waals surface area (Å²) >= 11 is 3.46. The van der Waals surface area contributed by atoms with Crippen LogP contribution in [0.1, 0.15) is 18.1 Å². The minimum absolute atomic E-state index is 0.0965. The summed E-state index contributed by atoms with van der Waals surface area (Å²) < 4.78 is 10.2. The lowest BCUT2D eigenvalue weighted by Crippen LogP contribution is -2.48. The van der Waals surface area contributed by atoms with Crippen LogP contribution in [-0.2, 0) is 22.4 Å². The van der Waals surface area contributed by atoms with Crippen LogP contribution >= 0.6 is 15.9 Å². The third kappa shape index (κ3) is 4.54. The Labute approximate surface area is 172 Å². The van der Waals surface area contributed by atoms with Gasteiger partial charge >= 0.3 is 6.16 Å². The highest BCUT2D eigenvalue weighted by Gasteiger charge is 2.29. The molecule has 7 heteroatoms. The zero-order valence-corrected chi connectivity index (χ0v) is 17.4. The number of halogens is 1. The highest BCUT2D eigenvalue weighted by molar-refractivity contribution is 9.10. The maximum Gasteiger partial charge on any atom is 0.513 e. The van der Waals surface area contributed by atoms with Gasteiger partial charge in [0.1, 0.15) is 5.75 Å². The standard InChI is InChI=1S/C21H23BrN2O4/c1-13-9-15-5-3-4-6-19(15)24(12-13)20(25)18(23)10-14-7-8-16(11-17(14)22)28-21(26)27-2/h3-8,11,13,18H,9-10,12,23H2,1-2H3/t13?,18-/m1/s1. The van der Waals surface area contributed by atoms with E-state index in [4.69, 9.17) is 10.5 Å². The van der Waals surface area contributed by atoms with E-state index >= 15 is 0 Å². The lowest BCUT2D eigenvalue weighted by Gasteiger charge is -2.34. The Morgan fingerprint density at radius 2 is 2.04 bits per heavy atom. The molecule has 0 bridgehead atoms. The molecule has 0 spiro atoms. The van der Waals surface area contributed by atoms with Gasteiger partial charge in [-0.2, -0.15) is 0 Å². The van der Waals surface area contributed by atoms with E-state index in [9.17, 15) is 9.59 Å². The smallest absolute Gasteiger partial charge is 0.437 e. The molecule has 148 valence electrons. The summed E-state index contributed by atoms with van der Waals surface area (Å²) in [6, 6.07) is 12.4. The molecule has 0 aliphatic carbocycles. The summed E-state index contributed by atoms with van der Waals surface area (Å²) in [7, 11) is 1.25. The molecule has 0 saturated heterocycles. The molecule has 0 aromatic heterocycles. The number of nitrogens with zero attached hydrogens (tertiary/aromatic N) is 1. The largest absolute Gasteiger partial charge is 0.513 e. The first-order valence-electron chi connectivity index (χ1n) is 9.08. The van der Waals surface area contributed by atoms with Crippen molar-refractivity contribution in [2.45, 2.75) is 25.8 Å². The summed E-state index contributed by atoms with van der Waals surface area (Å²) in [5.74, 6) is 0.634. The SMILES string of the molecule is COC(=O)Oc1ccc(C[C@@H](N)C(=O)N2CC(C)Cc3ccccc32)c(Br)c1. The number of anilines is 1. The maximum absolute atomic E-state index is 13.1. The van der Waals surface area contributed by atoms with Gasteiger partial charge in [-0.15, -0.1) is 0 Å². The summed E-state index contributed by atoms with van der Waals surface area (Å²) in [6.07, 6.45) is 0.539. The quantitative estimate of drug-likeness (QED) is 0.571. The molecule has 1 heterocycles. The first-order chi connectivity index (χ1) is 13.4. The van der Waals surface area contributed by atoms with Crippen molar-refractivity contribution in [3.63, 3.8) is 0 Å². The van der Waals surface area contributed by atoms with Crippen molar-refractivity contribution in [2.24, 2.45) is 11.7 Å². The minimum atomic E-state index is -0.788. The Morgan fingerprint density at radius 1 is 1.29 bits per heavy atom. The molecule has 28 heavy (non-hydrogen) atoms. The van der Waals surface area contributed by atoms with Crippen LogP contribution in [0.15, 0.2) is 46.9 Å². The number of carbonyl (C=O) groups excluding carboxylic acids is 2. The number of methoxy groups -OCH3 is 1. The maximum atomic E-state index is 13.1. The van der Waals surface area contributed by atoms with Gasteiger partial charge in [-0.1, -0.05) is 47.1 Å². The third-order valence-corrected chi connectivity index (χ3v) is 5.50. The number of amides is 1. The Bertz CT molecular complexity index is 886. The van der Waals surface area contributed by atoms with E-state index in [1.54, 1.807) is 23.1 Å². The predicted octanol–water partition coefficient (Wildman–Crippen LogP) is 3.69. The molecule has 1 amide bonds. The summed E-state index contributed by atoms with van der Waals surface area (Å²) in [5, 5.41) is 0. The van der Waals surface area contributed by atoms with E-state index in [2.05, 4.69) is 33.7 Å². The fourth-order valence-corrected chi connectivity index (χ4v) is 3.94. The van der Waals surface area contributed by atoms with Crippen LogP contribution in [0.4, 0.5) is 10.5 Å². The second-order valence-electron chi connectivity index (χ2n) is 7.01. The molecule has 2 atom stereocenters. The normalized spacial score (nSPS) is 16.9. The van der Waals surface area contributed by atoms with Crippen LogP contribution in [0, 0.1) is 5.92 Å². The number of rotatable bonds is 4. The molecular formula is C21H23BrN2O4. The minimum Gasteiger partial charge on any atom is -0.437 e. The van der Waals surface area contributed by atoms with Gasteiger partial charge in [0.05, 0.1) is 13.2 Å². The molecule has 2 aromatic carbocycles. The molecule has 1 unspecified atom stereocenters. The number of fused-ring (bicyclic) bond motifs is 1. The molecule has 6 nitrogen and oxygen atoms in total. The topological polar surface area (TPSA) is 81.9 Å². The number of carbonyl (C=O) groups is 2. The van der Waals surface area contributed by atoms with Gasteiger partial charge in [0, 0.05) is 16.7 Å². The van der Waals surface area contributed by atoms with Crippen molar-refractivity contribution < 1.29 is 19.1 Å². The number of benzene rings is 2. The van der Waals surface area contributed by atoms with E-state index in [0.717, 1.165) is 17.7 Å². The molecule has 0 fully saturated rings. The van der Waals surface area contributed by atoms with Crippen LogP contribution in [0.5, 0.6) is 5.75 Å². The van der Waals surface area contributed by atoms with E-state index in [1.807, 2.05) is 18.2 Å². The highest BCUT2D eigenvalue weighted by Crippen LogP contribution is 2.30. The Kier molecular flexibility index (Phi) is 6.36. The fraction of sp³-hybridized carbons (Fsp3) is 0.333. The van der Waals surface area contributed by atoms with Gasteiger partial charge in [-0.05, 0) is 48.1 Å². The van der Waals surface area contributed by atoms with E-state index in [-0.39, 0.29) is 5.91 Å². The van der Waals surface area contributed by atoms with Gasteiger partial charge in [0.25, 0.3) is 0 Å². The molecular weight excluding hydrogens is 424 g/mol. The van der Waals surface area contributed by atoms with Crippen molar-refractivity contribution in [1.29, 1.82) is 0 Å². The van der Waals surface area contributed by atoms with Crippen LogP contribution in [0.25, 0.3) is 0 Å². The van der Waals surface area contributed by atoms with Gasteiger partial charge < -0.3 is 20.1 Å². The number of para-hydroxylation sites is 1. The number of hydrogen-bond donors (Lipinski definition) is 1. The zero-order chi connectivity index (χ0) is 20.3. The average Bonchev–Trinajstić information content (AvgIpc) is 2.68. The van der Waals surface area contributed by atoms with Gasteiger partial charge in [0.2, 0.25) is 5.91 Å². The first kappa shape index (κ1) is 20.4. The number of nitrogens with two attached hydrogens (primary N) is 1. The van der Waals surface area contributed by atoms with Gasteiger partial charge in [0.15, 0.2) is 0 Å². The molecule has 2 aromatic rings. The second-order valence-corrected chi connectivity index (χ2v) is 7.86. The number of hydrogen-bond acceptors (Lipinski definition) is 5. The first-order valence-corrected chi connectivity index (χ1v) is 9.87. The monoisotopic (exact) mass is 446 g/mol. The average molecular weight is 447 g/mol. The molecule has 1 aliphatic rings. The number of ether oxygens (including phenoxy) is 2. The van der Waals surface area contributed by atoms with Crippen molar-refractivity contribution in [1.82, 2.24) is 0 Å². The van der Waals surface area contributed by atoms with Crippen LogP contribution in [0.2, 0.25) is 0 Å². The zero-order valence-electron chi connectivity index (χ0n) is 15.9. The van der Waals surface area contributed by atoms with Crippen LogP contribution < -0.4 is 15.4 Å². The highest BCUT2D eigenvalue weighted by atomic mass is 79.9. The Balaban J connectivity index is 1.74. The molecule has 2 N–H and O–H groups in total. The van der Waals surface area contributed by atoms with Crippen molar-refractivity contribution in [2.75, 3.05) is 18.6 Å². The Morgan fingerprint density at radius 3 is 2.75 bits per heavy atom. The van der Waals surface area contributed by atoms with Gasteiger partial charge in [-0.25, -0.2) is 4.79 Å². The fourth-order valence-electron chi connectivity index (χ4n) is 3.42. The lowest BCUT2D eigenvalue weighted by atomic mass is 9.93. The van der Waals surface area contributed by atoms with E-state index < -0.39 is 12.2 Å². The second kappa shape index (κ2) is 8.75. The van der Waals surface area contributed by atoms with E-state index in [1.165, 1.54) is 12.7 Å². The summed E-state index contributed by atoms with van der Waals surface area (Å²) in [5.41, 5.74) is 9.25. The van der Waals surface area contributed by atoms with Gasteiger partial charge in [-0.3, -0.25) is 4.79 Å². The Hall–Kier alpha value is -2.38. The van der Waals surface area contributed by atoms with Crippen molar-refractivity contribution in [3.05, 3.63) is 58.1 Å². The molecule has 0 saturated carbocycles. The lowest BCUT2D eigenvalue weighted by molar-refractivity contribution is -0.120. The third-order valence-electron chi connectivity index (χ3n) is 4.76. The van der Waals surface area contributed by atoms with Crippen LogP contribution in [0.3, 0.4) is 0 Å². The summed E-state index contributed by atoms with van der Waals surface area (Å²) in [4.78, 5) is 26.1. The van der Waals surface area contributed by atoms with Crippen molar-refractivity contribution >= 4 is 33.7 Å². The summed E-state index contributed by atoms with van der Waals surface area (Å²) in [6.45, 7) is 2.80. The molecule has 1 aliphatic heterocycles.